The van der Waals surface area contributed by atoms with Crippen molar-refractivity contribution in [1.82, 2.24) is 0 Å². The lowest BCUT2D eigenvalue weighted by molar-refractivity contribution is -0.109. The first-order chi connectivity index (χ1) is 6.22. The zero-order valence-corrected chi connectivity index (χ0v) is 7.31. The number of hydrogen-bond donors (Lipinski definition) is 2. The Kier molecular flexibility index (Phi) is 3.46. The Hall–Kier alpha value is -1.35. The molecule has 70 valence electrons. The molecule has 0 saturated heterocycles. The molecule has 1 aromatic carbocycles. The molecule has 0 radical (unpaired) electrons. The molecule has 0 fully saturated rings. The van der Waals surface area contributed by atoms with Crippen LogP contribution in [0.15, 0.2) is 24.3 Å². The van der Waals surface area contributed by atoms with E-state index in [4.69, 9.17) is 10.8 Å². The molecule has 0 unspecified atom stereocenters. The number of aryl methyl sites for hydroxylation is 1. The first kappa shape index (κ1) is 9.74. The van der Waals surface area contributed by atoms with Gasteiger partial charge in [-0.15, -0.1) is 0 Å². The molecule has 0 aliphatic heterocycles. The summed E-state index contributed by atoms with van der Waals surface area (Å²) in [4.78, 5) is 10.2. The van der Waals surface area contributed by atoms with Gasteiger partial charge in [-0.2, -0.15) is 0 Å². The van der Waals surface area contributed by atoms with Gasteiger partial charge in [0.25, 0.3) is 0 Å². The third-order valence-corrected chi connectivity index (χ3v) is 1.88. The molecule has 0 spiro atoms. The van der Waals surface area contributed by atoms with Crippen molar-refractivity contribution >= 4 is 6.29 Å². The molecule has 0 aliphatic rings. The lowest BCUT2D eigenvalue weighted by atomic mass is 10.1. The van der Waals surface area contributed by atoms with Crippen LogP contribution >= 0.6 is 0 Å². The van der Waals surface area contributed by atoms with Crippen LogP contribution in [-0.4, -0.2) is 17.4 Å². The topological polar surface area (TPSA) is 63.3 Å². The number of phenolic OH excluding ortho intramolecular Hbond substituents is 1. The minimum absolute atomic E-state index is 0.253. The Morgan fingerprint density at radius 3 is 2.54 bits per heavy atom. The number of carbonyl (C=O) groups excluding carboxylic acids is 1. The molecule has 0 bridgehead atoms. The predicted molar refractivity (Wildman–Crippen MR) is 50.5 cm³/mol. The molecule has 0 saturated carbocycles. The van der Waals surface area contributed by atoms with Gasteiger partial charge in [-0.3, -0.25) is 0 Å². The van der Waals surface area contributed by atoms with Crippen LogP contribution in [0.2, 0.25) is 0 Å². The van der Waals surface area contributed by atoms with Gasteiger partial charge in [0, 0.05) is 0 Å². The molecule has 0 aromatic heterocycles. The van der Waals surface area contributed by atoms with Crippen molar-refractivity contribution in [3.8, 4) is 5.75 Å². The summed E-state index contributed by atoms with van der Waals surface area (Å²) in [7, 11) is 0. The SMILES string of the molecule is N[C@H](C=O)CCc1ccc(O)cc1. The largest absolute Gasteiger partial charge is 0.508 e. The number of rotatable bonds is 4. The number of benzene rings is 1. The molecule has 0 amide bonds. The van der Waals surface area contributed by atoms with Gasteiger partial charge in [0.2, 0.25) is 0 Å². The number of aromatic hydroxyl groups is 1. The maximum Gasteiger partial charge on any atom is 0.136 e. The first-order valence-electron chi connectivity index (χ1n) is 4.21. The third kappa shape index (κ3) is 3.25. The van der Waals surface area contributed by atoms with Crippen molar-refractivity contribution in [2.75, 3.05) is 0 Å². The highest BCUT2D eigenvalue weighted by atomic mass is 16.3. The summed E-state index contributed by atoms with van der Waals surface area (Å²) in [5.41, 5.74) is 6.51. The zero-order valence-electron chi connectivity index (χ0n) is 7.31. The van der Waals surface area contributed by atoms with Gasteiger partial charge in [-0.05, 0) is 30.5 Å². The number of phenols is 1. The van der Waals surface area contributed by atoms with Crippen molar-refractivity contribution < 1.29 is 9.90 Å². The fourth-order valence-electron chi connectivity index (χ4n) is 1.06. The van der Waals surface area contributed by atoms with E-state index in [-0.39, 0.29) is 11.8 Å². The van der Waals surface area contributed by atoms with Crippen molar-refractivity contribution in [1.29, 1.82) is 0 Å². The average molecular weight is 179 g/mol. The highest BCUT2D eigenvalue weighted by Crippen LogP contribution is 2.11. The predicted octanol–water partition coefficient (Wildman–Crippen LogP) is 0.851. The molecule has 3 N–H and O–H groups in total. The van der Waals surface area contributed by atoms with Crippen LogP contribution in [-0.2, 0) is 11.2 Å². The Balaban J connectivity index is 2.45. The van der Waals surface area contributed by atoms with E-state index >= 15 is 0 Å². The minimum Gasteiger partial charge on any atom is -0.508 e. The van der Waals surface area contributed by atoms with Crippen LogP contribution in [0.5, 0.6) is 5.75 Å². The summed E-state index contributed by atoms with van der Waals surface area (Å²) < 4.78 is 0. The van der Waals surface area contributed by atoms with Gasteiger partial charge in [0.05, 0.1) is 6.04 Å². The second-order valence-corrected chi connectivity index (χ2v) is 3.01. The van der Waals surface area contributed by atoms with Gasteiger partial charge in [0.15, 0.2) is 0 Å². The normalized spacial score (nSPS) is 12.4. The molecule has 1 aromatic rings. The molecule has 13 heavy (non-hydrogen) atoms. The van der Waals surface area contributed by atoms with E-state index < -0.39 is 0 Å². The summed E-state index contributed by atoms with van der Waals surface area (Å²) in [6.45, 7) is 0. The molecular formula is C10H13NO2. The summed E-state index contributed by atoms with van der Waals surface area (Å²) >= 11 is 0. The lowest BCUT2D eigenvalue weighted by Gasteiger charge is -2.03. The molecule has 3 nitrogen and oxygen atoms in total. The Morgan fingerprint density at radius 2 is 2.00 bits per heavy atom. The Labute approximate surface area is 77.2 Å². The van der Waals surface area contributed by atoms with Gasteiger partial charge in [-0.25, -0.2) is 0 Å². The lowest BCUT2D eigenvalue weighted by Crippen LogP contribution is -2.21. The van der Waals surface area contributed by atoms with E-state index in [0.717, 1.165) is 18.3 Å². The number of carbonyl (C=O) groups is 1. The second kappa shape index (κ2) is 4.62. The maximum atomic E-state index is 10.2. The summed E-state index contributed by atoms with van der Waals surface area (Å²) in [6.07, 6.45) is 2.16. The van der Waals surface area contributed by atoms with E-state index in [0.29, 0.717) is 6.42 Å². The maximum absolute atomic E-state index is 10.2. The summed E-state index contributed by atoms with van der Waals surface area (Å²) in [6, 6.07) is 6.53. The van der Waals surface area contributed by atoms with E-state index in [1.54, 1.807) is 12.1 Å². The van der Waals surface area contributed by atoms with E-state index in [1.165, 1.54) is 0 Å². The zero-order chi connectivity index (χ0) is 9.68. The molecular weight excluding hydrogens is 166 g/mol. The Morgan fingerprint density at radius 1 is 1.38 bits per heavy atom. The summed E-state index contributed by atoms with van der Waals surface area (Å²) in [5.74, 6) is 0.253. The monoisotopic (exact) mass is 179 g/mol. The average Bonchev–Trinajstić information content (AvgIpc) is 2.16. The van der Waals surface area contributed by atoms with Crippen LogP contribution in [0, 0.1) is 0 Å². The highest BCUT2D eigenvalue weighted by molar-refractivity contribution is 5.56. The third-order valence-electron chi connectivity index (χ3n) is 1.88. The number of aldehydes is 1. The highest BCUT2D eigenvalue weighted by Gasteiger charge is 2.00. The van der Waals surface area contributed by atoms with E-state index in [9.17, 15) is 4.79 Å². The quantitative estimate of drug-likeness (QED) is 0.673. The van der Waals surface area contributed by atoms with Crippen LogP contribution in [0.25, 0.3) is 0 Å². The standard InChI is InChI=1S/C10H13NO2/c11-9(7-12)4-1-8-2-5-10(13)6-3-8/h2-3,5-7,9,13H,1,4,11H2/t9-/m0/s1. The van der Waals surface area contributed by atoms with Gasteiger partial charge >= 0.3 is 0 Å². The first-order valence-corrected chi connectivity index (χ1v) is 4.21. The van der Waals surface area contributed by atoms with Crippen molar-refractivity contribution in [3.63, 3.8) is 0 Å². The molecule has 0 heterocycles. The number of nitrogens with two attached hydrogens (primary N) is 1. The van der Waals surface area contributed by atoms with Crippen LogP contribution in [0.3, 0.4) is 0 Å². The van der Waals surface area contributed by atoms with Crippen molar-refractivity contribution in [2.45, 2.75) is 18.9 Å². The molecule has 1 rings (SSSR count). The van der Waals surface area contributed by atoms with E-state index in [1.807, 2.05) is 12.1 Å². The van der Waals surface area contributed by atoms with Crippen LogP contribution in [0.1, 0.15) is 12.0 Å². The fraction of sp³-hybridized carbons (Fsp3) is 0.300. The van der Waals surface area contributed by atoms with Gasteiger partial charge in [0.1, 0.15) is 12.0 Å². The van der Waals surface area contributed by atoms with Crippen molar-refractivity contribution in [2.24, 2.45) is 5.73 Å². The number of hydrogen-bond acceptors (Lipinski definition) is 3. The molecule has 3 heteroatoms. The Bertz CT molecular complexity index is 269. The van der Waals surface area contributed by atoms with E-state index in [2.05, 4.69) is 0 Å². The van der Waals surface area contributed by atoms with Crippen molar-refractivity contribution in [3.05, 3.63) is 29.8 Å². The van der Waals surface area contributed by atoms with Gasteiger partial charge < -0.3 is 15.6 Å². The molecule has 1 atom stereocenters. The fourth-order valence-corrected chi connectivity index (χ4v) is 1.06. The van der Waals surface area contributed by atoms with Crippen LogP contribution in [0.4, 0.5) is 0 Å². The van der Waals surface area contributed by atoms with Gasteiger partial charge in [-0.1, -0.05) is 12.1 Å². The minimum atomic E-state index is -0.381. The van der Waals surface area contributed by atoms with Crippen LogP contribution < -0.4 is 5.73 Å². The molecule has 0 aliphatic carbocycles. The summed E-state index contributed by atoms with van der Waals surface area (Å²) in [5, 5.41) is 9.00. The smallest absolute Gasteiger partial charge is 0.136 e. The second-order valence-electron chi connectivity index (χ2n) is 3.01.